The molecule has 1 aromatic carbocycles. The third-order valence-corrected chi connectivity index (χ3v) is 7.62. The molecule has 2 aromatic rings. The van der Waals surface area contributed by atoms with Crippen molar-refractivity contribution in [1.82, 2.24) is 14.3 Å². The maximum atomic E-state index is 13.3. The van der Waals surface area contributed by atoms with Gasteiger partial charge in [0.2, 0.25) is 10.0 Å². The number of halogens is 1. The van der Waals surface area contributed by atoms with Gasteiger partial charge in [-0.3, -0.25) is 0 Å². The summed E-state index contributed by atoms with van der Waals surface area (Å²) in [5, 5.41) is 0. The lowest BCUT2D eigenvalue weighted by Gasteiger charge is -2.36. The quantitative estimate of drug-likeness (QED) is 0.936. The van der Waals surface area contributed by atoms with Crippen molar-refractivity contribution in [3.8, 4) is 0 Å². The van der Waals surface area contributed by atoms with Gasteiger partial charge in [-0.25, -0.2) is 17.8 Å². The van der Waals surface area contributed by atoms with Crippen LogP contribution < -0.4 is 0 Å². The lowest BCUT2D eigenvalue weighted by Crippen LogP contribution is -2.45. The van der Waals surface area contributed by atoms with Gasteiger partial charge >= 0.3 is 0 Å². The normalized spacial score (nSPS) is 23.5. The third-order valence-electron chi connectivity index (χ3n) is 4.95. The maximum absolute atomic E-state index is 13.3. The Bertz CT molecular complexity index is 840. The zero-order valence-corrected chi connectivity index (χ0v) is 13.6. The highest BCUT2D eigenvalue weighted by Gasteiger charge is 2.55. The van der Waals surface area contributed by atoms with E-state index in [4.69, 9.17) is 0 Å². The van der Waals surface area contributed by atoms with Crippen LogP contribution in [0.3, 0.4) is 0 Å². The standard InChI is InChI=1S/C16H18FN3O2S/c1-16(7-8-16)23(21,22)20-9-6-13-14(19-10-18-13)15(20)11-2-4-12(17)5-3-11/h2-5,10,15H,6-9H2,1H3,(H,18,19)/t15-/m0/s1. The third kappa shape index (κ3) is 2.21. The second-order valence-electron chi connectivity index (χ2n) is 6.54. The van der Waals surface area contributed by atoms with Crippen molar-refractivity contribution in [3.05, 3.63) is 53.4 Å². The number of imidazole rings is 1. The van der Waals surface area contributed by atoms with Gasteiger partial charge in [-0.15, -0.1) is 0 Å². The summed E-state index contributed by atoms with van der Waals surface area (Å²) in [5.41, 5.74) is 2.41. The molecule has 0 saturated heterocycles. The molecular formula is C16H18FN3O2S. The summed E-state index contributed by atoms with van der Waals surface area (Å²) in [6.07, 6.45) is 3.59. The van der Waals surface area contributed by atoms with Crippen molar-refractivity contribution in [2.24, 2.45) is 0 Å². The van der Waals surface area contributed by atoms with Crippen LogP contribution in [0.25, 0.3) is 0 Å². The van der Waals surface area contributed by atoms with Crippen molar-refractivity contribution >= 4 is 10.0 Å². The van der Waals surface area contributed by atoms with Crippen LogP contribution in [0.5, 0.6) is 0 Å². The molecule has 1 aromatic heterocycles. The smallest absolute Gasteiger partial charge is 0.220 e. The van der Waals surface area contributed by atoms with E-state index in [-0.39, 0.29) is 5.82 Å². The van der Waals surface area contributed by atoms with Gasteiger partial charge in [0.25, 0.3) is 0 Å². The Labute approximate surface area is 134 Å². The van der Waals surface area contributed by atoms with E-state index in [0.29, 0.717) is 25.8 Å². The van der Waals surface area contributed by atoms with Crippen LogP contribution in [0.4, 0.5) is 4.39 Å². The first-order valence-corrected chi connectivity index (χ1v) is 9.15. The maximum Gasteiger partial charge on any atom is 0.220 e. The number of aromatic amines is 1. The fourth-order valence-corrected chi connectivity index (χ4v) is 5.22. The molecule has 1 saturated carbocycles. The minimum Gasteiger partial charge on any atom is -0.348 e. The Morgan fingerprint density at radius 3 is 2.65 bits per heavy atom. The number of sulfonamides is 1. The first-order valence-electron chi connectivity index (χ1n) is 7.71. The fraction of sp³-hybridized carbons (Fsp3) is 0.438. The van der Waals surface area contributed by atoms with Gasteiger partial charge in [-0.2, -0.15) is 4.31 Å². The molecule has 0 radical (unpaired) electrons. The van der Waals surface area contributed by atoms with Crippen LogP contribution in [0, 0.1) is 5.82 Å². The lowest BCUT2D eigenvalue weighted by atomic mass is 9.98. The Hall–Kier alpha value is -1.73. The van der Waals surface area contributed by atoms with Crippen molar-refractivity contribution in [2.75, 3.05) is 6.54 Å². The zero-order chi connectivity index (χ0) is 16.2. The van der Waals surface area contributed by atoms with E-state index in [0.717, 1.165) is 17.0 Å². The predicted molar refractivity (Wildman–Crippen MR) is 83.8 cm³/mol. The molecule has 1 aliphatic carbocycles. The minimum absolute atomic E-state index is 0.338. The number of aromatic nitrogens is 2. The van der Waals surface area contributed by atoms with E-state index in [1.807, 2.05) is 0 Å². The van der Waals surface area contributed by atoms with E-state index < -0.39 is 20.8 Å². The van der Waals surface area contributed by atoms with E-state index >= 15 is 0 Å². The molecule has 2 heterocycles. The molecule has 1 atom stereocenters. The second kappa shape index (κ2) is 4.88. The van der Waals surface area contributed by atoms with Gasteiger partial charge < -0.3 is 4.98 Å². The van der Waals surface area contributed by atoms with E-state index in [2.05, 4.69) is 9.97 Å². The Morgan fingerprint density at radius 2 is 2.00 bits per heavy atom. The molecule has 4 rings (SSSR count). The highest BCUT2D eigenvalue weighted by molar-refractivity contribution is 7.90. The molecule has 1 aliphatic heterocycles. The molecule has 0 bridgehead atoms. The largest absolute Gasteiger partial charge is 0.348 e. The summed E-state index contributed by atoms with van der Waals surface area (Å²) in [7, 11) is -3.43. The summed E-state index contributed by atoms with van der Waals surface area (Å²) in [6, 6.07) is 5.51. The molecule has 1 N–H and O–H groups in total. The summed E-state index contributed by atoms with van der Waals surface area (Å²) in [5.74, 6) is -0.338. The first-order chi connectivity index (χ1) is 10.9. The van der Waals surface area contributed by atoms with E-state index in [1.54, 1.807) is 29.7 Å². The molecule has 122 valence electrons. The van der Waals surface area contributed by atoms with Crippen molar-refractivity contribution in [3.63, 3.8) is 0 Å². The molecular weight excluding hydrogens is 317 g/mol. The molecule has 23 heavy (non-hydrogen) atoms. The molecule has 0 unspecified atom stereocenters. The molecule has 0 spiro atoms. The van der Waals surface area contributed by atoms with E-state index in [9.17, 15) is 12.8 Å². The van der Waals surface area contributed by atoms with Crippen LogP contribution in [-0.4, -0.2) is 34.0 Å². The Balaban J connectivity index is 1.84. The Kier molecular flexibility index (Phi) is 3.15. The minimum atomic E-state index is -3.43. The van der Waals surface area contributed by atoms with Gasteiger partial charge in [-0.1, -0.05) is 12.1 Å². The topological polar surface area (TPSA) is 66.1 Å². The number of fused-ring (bicyclic) bond motifs is 1. The Morgan fingerprint density at radius 1 is 1.30 bits per heavy atom. The van der Waals surface area contributed by atoms with Gasteiger partial charge in [0.15, 0.2) is 0 Å². The number of hydrogen-bond donors (Lipinski definition) is 1. The first kappa shape index (κ1) is 14.8. The molecule has 0 amide bonds. The number of H-pyrrole nitrogens is 1. The number of rotatable bonds is 3. The SMILES string of the molecule is CC1(S(=O)(=O)N2CCc3[nH]cnc3[C@@H]2c2ccc(F)cc2)CC1. The molecule has 7 heteroatoms. The molecule has 2 aliphatic rings. The average Bonchev–Trinajstić information content (AvgIpc) is 3.12. The van der Waals surface area contributed by atoms with Gasteiger partial charge in [0.1, 0.15) is 5.82 Å². The number of nitrogens with zero attached hydrogens (tertiary/aromatic N) is 2. The van der Waals surface area contributed by atoms with E-state index in [1.165, 1.54) is 12.1 Å². The summed E-state index contributed by atoms with van der Waals surface area (Å²) in [6.45, 7) is 2.21. The monoisotopic (exact) mass is 335 g/mol. The number of benzene rings is 1. The van der Waals surface area contributed by atoms with Gasteiger partial charge in [0, 0.05) is 18.7 Å². The molecule has 1 fully saturated rings. The average molecular weight is 335 g/mol. The molecule has 5 nitrogen and oxygen atoms in total. The summed E-state index contributed by atoms with van der Waals surface area (Å²) < 4.78 is 40.3. The van der Waals surface area contributed by atoms with Crippen molar-refractivity contribution in [2.45, 2.75) is 37.0 Å². The summed E-state index contributed by atoms with van der Waals surface area (Å²) in [4.78, 5) is 7.44. The highest BCUT2D eigenvalue weighted by Crippen LogP contribution is 2.48. The summed E-state index contributed by atoms with van der Waals surface area (Å²) >= 11 is 0. The highest BCUT2D eigenvalue weighted by atomic mass is 32.2. The number of hydrogen-bond acceptors (Lipinski definition) is 3. The lowest BCUT2D eigenvalue weighted by molar-refractivity contribution is 0.332. The second-order valence-corrected chi connectivity index (χ2v) is 8.94. The van der Waals surface area contributed by atoms with Gasteiger partial charge in [-0.05, 0) is 37.5 Å². The predicted octanol–water partition coefficient (Wildman–Crippen LogP) is 2.38. The van der Waals surface area contributed by atoms with Crippen LogP contribution >= 0.6 is 0 Å². The fourth-order valence-electron chi connectivity index (χ4n) is 3.20. The van der Waals surface area contributed by atoms with Crippen molar-refractivity contribution < 1.29 is 12.8 Å². The zero-order valence-electron chi connectivity index (χ0n) is 12.8. The number of nitrogens with one attached hydrogen (secondary N) is 1. The van der Waals surface area contributed by atoms with Crippen LogP contribution in [-0.2, 0) is 16.4 Å². The van der Waals surface area contributed by atoms with Crippen molar-refractivity contribution in [1.29, 1.82) is 0 Å². The van der Waals surface area contributed by atoms with Crippen LogP contribution in [0.1, 0.15) is 42.8 Å². The van der Waals surface area contributed by atoms with Crippen LogP contribution in [0.2, 0.25) is 0 Å². The van der Waals surface area contributed by atoms with Gasteiger partial charge in [0.05, 0.1) is 22.8 Å². The van der Waals surface area contributed by atoms with Crippen LogP contribution in [0.15, 0.2) is 30.6 Å².